The molecule has 1 atom stereocenters. The normalized spacial score (nSPS) is 9.42. The summed E-state index contributed by atoms with van der Waals surface area (Å²) >= 11 is 0. The van der Waals surface area contributed by atoms with Gasteiger partial charge in [-0.15, -0.1) is 0 Å². The summed E-state index contributed by atoms with van der Waals surface area (Å²) in [6.07, 6.45) is 0.802. The average molecular weight is 354 g/mol. The summed E-state index contributed by atoms with van der Waals surface area (Å²) < 4.78 is 9.15. The van der Waals surface area contributed by atoms with Crippen LogP contribution in [0.5, 0.6) is 0 Å². The summed E-state index contributed by atoms with van der Waals surface area (Å²) in [4.78, 5) is 33.0. The van der Waals surface area contributed by atoms with Crippen LogP contribution in [0.25, 0.3) is 0 Å². The van der Waals surface area contributed by atoms with Gasteiger partial charge in [-0.25, -0.2) is 14.4 Å². The molecule has 0 saturated heterocycles. The average Bonchev–Trinajstić information content (AvgIpc) is 2.42. The first kappa shape index (κ1) is 33.6. The lowest BCUT2D eigenvalue weighted by Gasteiger charge is -2.14. The number of aliphatic carboxylic acids is 1. The SMILES string of the molecule is C.C.C.C.CCCOC(=O)NC(CCCCNC(=O)OC)C(=O)O. The van der Waals surface area contributed by atoms with Crippen molar-refractivity contribution < 1.29 is 29.0 Å². The Bertz CT molecular complexity index is 324. The number of carboxylic acids is 1. The lowest BCUT2D eigenvalue weighted by molar-refractivity contribution is -0.139. The molecule has 0 aliphatic heterocycles. The second-order valence-corrected chi connectivity index (χ2v) is 4.09. The van der Waals surface area contributed by atoms with Crippen molar-refractivity contribution in [3.05, 3.63) is 0 Å². The molecule has 1 unspecified atom stereocenters. The number of unbranched alkanes of at least 4 members (excludes halogenated alkanes) is 1. The molecule has 0 radical (unpaired) electrons. The molecule has 0 heterocycles. The number of carbonyl (C=O) groups excluding carboxylic acids is 2. The number of carboxylic acid groups (broad SMARTS) is 1. The molecule has 8 heteroatoms. The van der Waals surface area contributed by atoms with Gasteiger partial charge in [-0.2, -0.15) is 0 Å². The molecule has 24 heavy (non-hydrogen) atoms. The maximum absolute atomic E-state index is 11.3. The van der Waals surface area contributed by atoms with Gasteiger partial charge >= 0.3 is 18.2 Å². The van der Waals surface area contributed by atoms with Crippen molar-refractivity contribution in [2.75, 3.05) is 20.3 Å². The number of nitrogens with one attached hydrogen (secondary N) is 2. The van der Waals surface area contributed by atoms with Gasteiger partial charge in [0.15, 0.2) is 0 Å². The van der Waals surface area contributed by atoms with Crippen molar-refractivity contribution in [1.29, 1.82) is 0 Å². The van der Waals surface area contributed by atoms with Crippen LogP contribution in [0.3, 0.4) is 0 Å². The van der Waals surface area contributed by atoms with Crippen LogP contribution >= 0.6 is 0 Å². The summed E-state index contributed by atoms with van der Waals surface area (Å²) in [5.41, 5.74) is 0. The number of hydrogen-bond acceptors (Lipinski definition) is 5. The van der Waals surface area contributed by atoms with Crippen LogP contribution in [0.2, 0.25) is 0 Å². The van der Waals surface area contributed by atoms with Gasteiger partial charge in [0, 0.05) is 6.54 Å². The van der Waals surface area contributed by atoms with E-state index >= 15 is 0 Å². The predicted octanol–water partition coefficient (Wildman–Crippen LogP) is 3.65. The molecule has 148 valence electrons. The van der Waals surface area contributed by atoms with Gasteiger partial charge in [0.1, 0.15) is 6.04 Å². The van der Waals surface area contributed by atoms with Crippen molar-refractivity contribution >= 4 is 18.2 Å². The molecule has 0 aliphatic rings. The molecule has 0 saturated carbocycles. The Balaban J connectivity index is -0.000000301. The Kier molecular flexibility index (Phi) is 29.4. The van der Waals surface area contributed by atoms with Crippen LogP contribution in [0.4, 0.5) is 9.59 Å². The minimum absolute atomic E-state index is 0. The minimum atomic E-state index is -1.11. The van der Waals surface area contributed by atoms with Crippen molar-refractivity contribution in [3.63, 3.8) is 0 Å². The zero-order chi connectivity index (χ0) is 15.4. The van der Waals surface area contributed by atoms with E-state index in [2.05, 4.69) is 15.4 Å². The summed E-state index contributed by atoms with van der Waals surface area (Å²) in [5.74, 6) is -1.11. The van der Waals surface area contributed by atoms with Crippen molar-refractivity contribution in [2.45, 2.75) is 68.4 Å². The molecule has 0 aliphatic carbocycles. The molecule has 0 fully saturated rings. The van der Waals surface area contributed by atoms with Gasteiger partial charge in [-0.3, -0.25) is 0 Å². The van der Waals surface area contributed by atoms with E-state index < -0.39 is 24.2 Å². The van der Waals surface area contributed by atoms with Crippen molar-refractivity contribution in [1.82, 2.24) is 10.6 Å². The van der Waals surface area contributed by atoms with Gasteiger partial charge in [-0.05, 0) is 25.7 Å². The fourth-order valence-corrected chi connectivity index (χ4v) is 1.37. The summed E-state index contributed by atoms with van der Waals surface area (Å²) in [6, 6.07) is -0.988. The molecule has 0 aromatic carbocycles. The molecule has 0 spiro atoms. The summed E-state index contributed by atoms with van der Waals surface area (Å²) in [5, 5.41) is 13.7. The molecule has 0 aromatic heterocycles. The zero-order valence-corrected chi connectivity index (χ0v) is 11.8. The number of carbonyl (C=O) groups is 3. The van der Waals surface area contributed by atoms with Gasteiger partial charge in [0.25, 0.3) is 0 Å². The topological polar surface area (TPSA) is 114 Å². The largest absolute Gasteiger partial charge is 0.480 e. The highest BCUT2D eigenvalue weighted by molar-refractivity contribution is 5.79. The van der Waals surface area contributed by atoms with Crippen LogP contribution in [0.1, 0.15) is 62.3 Å². The fraction of sp³-hybridized carbons (Fsp3) is 0.812. The third-order valence-electron chi connectivity index (χ3n) is 2.40. The predicted molar refractivity (Wildman–Crippen MR) is 97.4 cm³/mol. The number of ether oxygens (including phenoxy) is 2. The van der Waals surface area contributed by atoms with Crippen LogP contribution < -0.4 is 10.6 Å². The Hall–Kier alpha value is -1.99. The van der Waals surface area contributed by atoms with Crippen LogP contribution in [0.15, 0.2) is 0 Å². The monoisotopic (exact) mass is 354 g/mol. The van der Waals surface area contributed by atoms with E-state index in [1.807, 2.05) is 6.92 Å². The van der Waals surface area contributed by atoms with Crippen LogP contribution in [-0.4, -0.2) is 49.6 Å². The quantitative estimate of drug-likeness (QED) is 0.545. The van der Waals surface area contributed by atoms with E-state index in [4.69, 9.17) is 9.84 Å². The number of amides is 2. The third-order valence-corrected chi connectivity index (χ3v) is 2.40. The highest BCUT2D eigenvalue weighted by Crippen LogP contribution is 2.02. The Morgan fingerprint density at radius 2 is 1.62 bits per heavy atom. The first-order chi connectivity index (χ1) is 9.51. The molecule has 8 nitrogen and oxygen atoms in total. The lowest BCUT2D eigenvalue weighted by atomic mass is 10.1. The van der Waals surface area contributed by atoms with E-state index in [0.717, 1.165) is 0 Å². The molecular weight excluding hydrogens is 316 g/mol. The molecule has 0 aromatic rings. The lowest BCUT2D eigenvalue weighted by Crippen LogP contribution is -2.41. The third kappa shape index (κ3) is 18.1. The fourth-order valence-electron chi connectivity index (χ4n) is 1.37. The van der Waals surface area contributed by atoms with E-state index in [-0.39, 0.29) is 42.7 Å². The van der Waals surface area contributed by atoms with Gasteiger partial charge in [0.05, 0.1) is 13.7 Å². The highest BCUT2D eigenvalue weighted by atomic mass is 16.5. The zero-order valence-electron chi connectivity index (χ0n) is 11.8. The first-order valence-electron chi connectivity index (χ1n) is 6.49. The summed E-state index contributed by atoms with van der Waals surface area (Å²) in [7, 11) is 1.27. The Labute approximate surface area is 147 Å². The maximum Gasteiger partial charge on any atom is 0.407 e. The van der Waals surface area contributed by atoms with E-state index in [1.54, 1.807) is 0 Å². The molecular formula is C16H38N2O6. The van der Waals surface area contributed by atoms with Crippen molar-refractivity contribution in [3.8, 4) is 0 Å². The second-order valence-electron chi connectivity index (χ2n) is 4.09. The molecule has 0 rings (SSSR count). The van der Waals surface area contributed by atoms with Gasteiger partial charge < -0.3 is 25.2 Å². The van der Waals surface area contributed by atoms with Gasteiger partial charge in [0.2, 0.25) is 0 Å². The number of alkyl carbamates (subject to hydrolysis) is 2. The van der Waals surface area contributed by atoms with E-state index in [0.29, 0.717) is 25.8 Å². The van der Waals surface area contributed by atoms with Crippen LogP contribution in [0, 0.1) is 0 Å². The maximum atomic E-state index is 11.3. The standard InChI is InChI=1S/C12H22N2O6.4CH4/c1-3-8-20-12(18)14-9(10(15)16)6-4-5-7-13-11(17)19-2;;;;/h9H,3-8H2,1-2H3,(H,13,17)(H,14,18)(H,15,16);4*1H4. The van der Waals surface area contributed by atoms with Crippen molar-refractivity contribution in [2.24, 2.45) is 0 Å². The second kappa shape index (κ2) is 21.0. The van der Waals surface area contributed by atoms with Gasteiger partial charge in [-0.1, -0.05) is 36.6 Å². The Morgan fingerprint density at radius 1 is 1.04 bits per heavy atom. The molecule has 0 bridgehead atoms. The number of rotatable bonds is 9. The Morgan fingerprint density at radius 3 is 2.08 bits per heavy atom. The minimum Gasteiger partial charge on any atom is -0.480 e. The number of methoxy groups -OCH3 is 1. The van der Waals surface area contributed by atoms with Crippen LogP contribution in [-0.2, 0) is 14.3 Å². The number of hydrogen-bond donors (Lipinski definition) is 3. The van der Waals surface area contributed by atoms with E-state index in [1.165, 1.54) is 7.11 Å². The summed E-state index contributed by atoms with van der Waals surface area (Å²) in [6.45, 7) is 2.48. The molecule has 2 amide bonds. The smallest absolute Gasteiger partial charge is 0.407 e. The highest BCUT2D eigenvalue weighted by Gasteiger charge is 2.19. The molecule has 3 N–H and O–H groups in total. The van der Waals surface area contributed by atoms with E-state index in [9.17, 15) is 14.4 Å². The first-order valence-corrected chi connectivity index (χ1v) is 6.49.